The summed E-state index contributed by atoms with van der Waals surface area (Å²) in [5, 5.41) is 20.0. The van der Waals surface area contributed by atoms with Gasteiger partial charge in [0.2, 0.25) is 0 Å². The van der Waals surface area contributed by atoms with Crippen molar-refractivity contribution < 1.29 is 14.6 Å². The lowest BCUT2D eigenvalue weighted by atomic mass is 10.1. The van der Waals surface area contributed by atoms with E-state index in [9.17, 15) is 4.79 Å². The zero-order chi connectivity index (χ0) is 16.1. The summed E-state index contributed by atoms with van der Waals surface area (Å²) in [6.45, 7) is 4.23. The van der Waals surface area contributed by atoms with Crippen LogP contribution in [0.1, 0.15) is 33.4 Å². The maximum absolute atomic E-state index is 12.4. The average molecular weight is 323 g/mol. The predicted molar refractivity (Wildman–Crippen MR) is 85.1 cm³/mol. The van der Waals surface area contributed by atoms with Crippen LogP contribution in [0.3, 0.4) is 0 Å². The standard InChI is InChI=1S/C15H21N3O3S/c1-10-14(11(2)18(3)17-10)15(20)16-8-13(21-6-5-19)12-4-7-22-9-12/h4,7,9,13,19H,5-6,8H2,1-3H3,(H,16,20). The van der Waals surface area contributed by atoms with Crippen molar-refractivity contribution in [2.45, 2.75) is 20.0 Å². The largest absolute Gasteiger partial charge is 0.394 e. The number of hydrogen-bond acceptors (Lipinski definition) is 5. The number of hydrogen-bond donors (Lipinski definition) is 2. The number of amides is 1. The van der Waals surface area contributed by atoms with Crippen molar-refractivity contribution in [1.82, 2.24) is 15.1 Å². The molecule has 0 saturated heterocycles. The monoisotopic (exact) mass is 323 g/mol. The summed E-state index contributed by atoms with van der Waals surface area (Å²) >= 11 is 1.57. The molecular formula is C15H21N3O3S. The molecule has 0 aromatic carbocycles. The highest BCUT2D eigenvalue weighted by Gasteiger charge is 2.19. The van der Waals surface area contributed by atoms with E-state index in [0.29, 0.717) is 17.8 Å². The van der Waals surface area contributed by atoms with Crippen LogP contribution in [0.2, 0.25) is 0 Å². The lowest BCUT2D eigenvalue weighted by molar-refractivity contribution is 0.0279. The van der Waals surface area contributed by atoms with E-state index in [4.69, 9.17) is 9.84 Å². The third-order valence-electron chi connectivity index (χ3n) is 3.51. The number of aryl methyl sites for hydroxylation is 2. The van der Waals surface area contributed by atoms with Gasteiger partial charge in [-0.15, -0.1) is 0 Å². The van der Waals surface area contributed by atoms with Crippen LogP contribution in [-0.2, 0) is 11.8 Å². The highest BCUT2D eigenvalue weighted by Crippen LogP contribution is 2.20. The number of aliphatic hydroxyl groups is 1. The first-order chi connectivity index (χ1) is 10.5. The molecule has 2 aromatic heterocycles. The van der Waals surface area contributed by atoms with Crippen LogP contribution in [0.25, 0.3) is 0 Å². The Morgan fingerprint density at radius 1 is 1.55 bits per heavy atom. The lowest BCUT2D eigenvalue weighted by Crippen LogP contribution is -2.30. The summed E-state index contributed by atoms with van der Waals surface area (Å²) in [6.07, 6.45) is -0.264. The number of thiophene rings is 1. The van der Waals surface area contributed by atoms with Gasteiger partial charge in [0.05, 0.1) is 24.5 Å². The molecule has 1 atom stereocenters. The minimum absolute atomic E-state index is 0.0462. The Balaban J connectivity index is 2.04. The number of aromatic nitrogens is 2. The normalized spacial score (nSPS) is 12.4. The van der Waals surface area contributed by atoms with E-state index in [1.54, 1.807) is 16.0 Å². The molecule has 0 saturated carbocycles. The first-order valence-corrected chi connectivity index (χ1v) is 8.01. The average Bonchev–Trinajstić information content (AvgIpc) is 3.08. The van der Waals surface area contributed by atoms with Gasteiger partial charge in [-0.1, -0.05) is 0 Å². The Labute approximate surface area is 133 Å². The molecule has 2 heterocycles. The summed E-state index contributed by atoms with van der Waals surface area (Å²) in [6, 6.07) is 1.96. The second-order valence-electron chi connectivity index (χ2n) is 5.02. The van der Waals surface area contributed by atoms with Gasteiger partial charge >= 0.3 is 0 Å². The molecule has 120 valence electrons. The number of rotatable bonds is 7. The smallest absolute Gasteiger partial charge is 0.255 e. The minimum atomic E-state index is -0.264. The fourth-order valence-corrected chi connectivity index (χ4v) is 3.00. The van der Waals surface area contributed by atoms with Crippen molar-refractivity contribution in [2.24, 2.45) is 7.05 Å². The lowest BCUT2D eigenvalue weighted by Gasteiger charge is -2.17. The molecule has 2 aromatic rings. The minimum Gasteiger partial charge on any atom is -0.394 e. The number of nitrogens with zero attached hydrogens (tertiary/aromatic N) is 2. The van der Waals surface area contributed by atoms with Crippen molar-refractivity contribution >= 4 is 17.2 Å². The van der Waals surface area contributed by atoms with Gasteiger partial charge in [0.25, 0.3) is 5.91 Å². The summed E-state index contributed by atoms with van der Waals surface area (Å²) in [5.41, 5.74) is 3.14. The van der Waals surface area contributed by atoms with Gasteiger partial charge in [0, 0.05) is 19.3 Å². The van der Waals surface area contributed by atoms with Crippen molar-refractivity contribution in [3.05, 3.63) is 39.3 Å². The molecule has 2 N–H and O–H groups in total. The van der Waals surface area contributed by atoms with Gasteiger partial charge in [-0.05, 0) is 36.2 Å². The molecule has 0 radical (unpaired) electrons. The van der Waals surface area contributed by atoms with Gasteiger partial charge < -0.3 is 15.2 Å². The predicted octanol–water partition coefficient (Wildman–Crippen LogP) is 1.58. The van der Waals surface area contributed by atoms with Crippen molar-refractivity contribution in [3.63, 3.8) is 0 Å². The molecule has 1 amide bonds. The fraction of sp³-hybridized carbons (Fsp3) is 0.467. The molecule has 0 aliphatic rings. The van der Waals surface area contributed by atoms with Crippen LogP contribution in [0.5, 0.6) is 0 Å². The summed E-state index contributed by atoms with van der Waals surface area (Å²) in [5.74, 6) is -0.157. The highest BCUT2D eigenvalue weighted by molar-refractivity contribution is 7.07. The Hall–Kier alpha value is -1.70. The van der Waals surface area contributed by atoms with Crippen molar-refractivity contribution in [3.8, 4) is 0 Å². The molecule has 7 heteroatoms. The Morgan fingerprint density at radius 3 is 2.86 bits per heavy atom. The van der Waals surface area contributed by atoms with Gasteiger partial charge in [0.1, 0.15) is 6.10 Å². The summed E-state index contributed by atoms with van der Waals surface area (Å²) < 4.78 is 7.31. The number of carbonyl (C=O) groups excluding carboxylic acids is 1. The summed E-state index contributed by atoms with van der Waals surface area (Å²) in [7, 11) is 1.82. The molecule has 0 spiro atoms. The number of aliphatic hydroxyl groups excluding tert-OH is 1. The number of ether oxygens (including phenoxy) is 1. The van der Waals surface area contributed by atoms with E-state index in [1.165, 1.54) is 0 Å². The first kappa shape index (κ1) is 16.7. The summed E-state index contributed by atoms with van der Waals surface area (Å²) in [4.78, 5) is 12.4. The highest BCUT2D eigenvalue weighted by atomic mass is 32.1. The van der Waals surface area contributed by atoms with Crippen LogP contribution in [0, 0.1) is 13.8 Å². The zero-order valence-corrected chi connectivity index (χ0v) is 13.8. The van der Waals surface area contributed by atoms with E-state index in [1.807, 2.05) is 37.7 Å². The van der Waals surface area contributed by atoms with Crippen LogP contribution in [-0.4, -0.2) is 40.6 Å². The van der Waals surface area contributed by atoms with Crippen LogP contribution >= 0.6 is 11.3 Å². The molecule has 22 heavy (non-hydrogen) atoms. The second-order valence-corrected chi connectivity index (χ2v) is 5.80. The number of carbonyl (C=O) groups is 1. The fourth-order valence-electron chi connectivity index (χ4n) is 2.30. The molecule has 0 aliphatic carbocycles. The number of nitrogens with one attached hydrogen (secondary N) is 1. The molecular weight excluding hydrogens is 302 g/mol. The molecule has 0 fully saturated rings. The van der Waals surface area contributed by atoms with E-state index < -0.39 is 0 Å². The second kappa shape index (κ2) is 7.53. The van der Waals surface area contributed by atoms with Crippen LogP contribution < -0.4 is 5.32 Å². The third-order valence-corrected chi connectivity index (χ3v) is 4.21. The Bertz CT molecular complexity index is 622. The topological polar surface area (TPSA) is 76.4 Å². The van der Waals surface area contributed by atoms with Gasteiger partial charge in [-0.25, -0.2) is 0 Å². The van der Waals surface area contributed by atoms with Gasteiger partial charge in [0.15, 0.2) is 0 Å². The van der Waals surface area contributed by atoms with Gasteiger partial charge in [-0.2, -0.15) is 16.4 Å². The quantitative estimate of drug-likeness (QED) is 0.811. The van der Waals surface area contributed by atoms with Crippen LogP contribution in [0.15, 0.2) is 16.8 Å². The van der Waals surface area contributed by atoms with E-state index in [0.717, 1.165) is 11.3 Å². The molecule has 1 unspecified atom stereocenters. The van der Waals surface area contributed by atoms with E-state index in [-0.39, 0.29) is 25.2 Å². The maximum Gasteiger partial charge on any atom is 0.255 e. The first-order valence-electron chi connectivity index (χ1n) is 7.07. The molecule has 6 nitrogen and oxygen atoms in total. The molecule has 0 aliphatic heterocycles. The SMILES string of the molecule is Cc1nn(C)c(C)c1C(=O)NCC(OCCO)c1ccsc1. The third kappa shape index (κ3) is 3.73. The van der Waals surface area contributed by atoms with Crippen molar-refractivity contribution in [2.75, 3.05) is 19.8 Å². The van der Waals surface area contributed by atoms with Gasteiger partial charge in [-0.3, -0.25) is 9.48 Å². The maximum atomic E-state index is 12.4. The Morgan fingerprint density at radius 2 is 2.32 bits per heavy atom. The Kier molecular flexibility index (Phi) is 5.70. The molecule has 2 rings (SSSR count). The zero-order valence-electron chi connectivity index (χ0n) is 13.0. The van der Waals surface area contributed by atoms with Crippen molar-refractivity contribution in [1.29, 1.82) is 0 Å². The molecule has 0 bridgehead atoms. The van der Waals surface area contributed by atoms with Crippen LogP contribution in [0.4, 0.5) is 0 Å². The van der Waals surface area contributed by atoms with E-state index >= 15 is 0 Å². The van der Waals surface area contributed by atoms with E-state index in [2.05, 4.69) is 10.4 Å².